The average molecular weight is 311 g/mol. The number of benzene rings is 1. The molecule has 0 aromatic heterocycles. The molecule has 0 N–H and O–H groups in total. The molecule has 0 bridgehead atoms. The largest absolute Gasteiger partial charge is 0.460 e. The van der Waals surface area contributed by atoms with Gasteiger partial charge in [-0.3, -0.25) is 4.79 Å². The van der Waals surface area contributed by atoms with Crippen molar-refractivity contribution in [3.05, 3.63) is 34.9 Å². The van der Waals surface area contributed by atoms with Crippen LogP contribution in [0.5, 0.6) is 0 Å². The topological polar surface area (TPSA) is 26.3 Å². The zero-order valence-electron chi connectivity index (χ0n) is 13.8. The summed E-state index contributed by atoms with van der Waals surface area (Å²) in [7, 11) is 0. The van der Waals surface area contributed by atoms with E-state index in [9.17, 15) is 4.79 Å². The van der Waals surface area contributed by atoms with Crippen molar-refractivity contribution in [3.8, 4) is 0 Å². The van der Waals surface area contributed by atoms with Gasteiger partial charge >= 0.3 is 5.97 Å². The lowest BCUT2D eigenvalue weighted by Gasteiger charge is -2.21. The van der Waals surface area contributed by atoms with Gasteiger partial charge in [-0.05, 0) is 63.1 Å². The molecule has 1 aromatic rings. The normalized spacial score (nSPS) is 15.7. The van der Waals surface area contributed by atoms with E-state index in [1.165, 1.54) is 5.56 Å². The fraction of sp³-hybridized carbons (Fsp3) is 0.611. The second-order valence-corrected chi connectivity index (χ2v) is 6.81. The van der Waals surface area contributed by atoms with E-state index in [0.717, 1.165) is 24.3 Å². The highest BCUT2D eigenvalue weighted by Crippen LogP contribution is 2.51. The molecule has 21 heavy (non-hydrogen) atoms. The summed E-state index contributed by atoms with van der Waals surface area (Å²) in [6.45, 7) is 9.70. The van der Waals surface area contributed by atoms with Gasteiger partial charge in [-0.2, -0.15) is 0 Å². The van der Waals surface area contributed by atoms with Crippen LogP contribution in [-0.2, 0) is 14.9 Å². The number of ether oxygens (including phenoxy) is 1. The number of rotatable bonds is 4. The molecule has 0 atom stereocenters. The van der Waals surface area contributed by atoms with Crippen molar-refractivity contribution in [3.63, 3.8) is 0 Å². The number of hydrogen-bond donors (Lipinski definition) is 0. The molecular formula is C18H27ClO2. The molecule has 0 amide bonds. The van der Waals surface area contributed by atoms with Crippen LogP contribution >= 0.6 is 11.6 Å². The van der Waals surface area contributed by atoms with Crippen LogP contribution in [0.2, 0.25) is 5.02 Å². The maximum Gasteiger partial charge on any atom is 0.306 e. The Kier molecular flexibility index (Phi) is 6.27. The van der Waals surface area contributed by atoms with Gasteiger partial charge in [-0.15, -0.1) is 0 Å². The first-order valence-electron chi connectivity index (χ1n) is 7.79. The third kappa shape index (κ3) is 5.70. The fourth-order valence-electron chi connectivity index (χ4n) is 2.37. The summed E-state index contributed by atoms with van der Waals surface area (Å²) in [5, 5.41) is 0.756. The molecule has 2 nitrogen and oxygen atoms in total. The molecule has 0 saturated heterocycles. The van der Waals surface area contributed by atoms with Gasteiger partial charge in [0.05, 0.1) is 0 Å². The number of hydrogen-bond acceptors (Lipinski definition) is 2. The summed E-state index contributed by atoms with van der Waals surface area (Å²) in [6.07, 6.45) is 3.65. The van der Waals surface area contributed by atoms with Crippen molar-refractivity contribution in [2.75, 3.05) is 0 Å². The molecule has 1 aliphatic carbocycles. The van der Waals surface area contributed by atoms with E-state index in [2.05, 4.69) is 12.1 Å². The fourth-order valence-corrected chi connectivity index (χ4v) is 2.50. The van der Waals surface area contributed by atoms with Crippen LogP contribution in [0.3, 0.4) is 0 Å². The van der Waals surface area contributed by atoms with E-state index < -0.39 is 5.60 Å². The van der Waals surface area contributed by atoms with Gasteiger partial charge in [0.25, 0.3) is 0 Å². The van der Waals surface area contributed by atoms with Crippen LogP contribution in [0.25, 0.3) is 0 Å². The van der Waals surface area contributed by atoms with Crippen LogP contribution in [0.4, 0.5) is 0 Å². The molecule has 0 unspecified atom stereocenters. The Balaban J connectivity index is 0.00000106. The smallest absolute Gasteiger partial charge is 0.306 e. The van der Waals surface area contributed by atoms with Gasteiger partial charge in [-0.1, -0.05) is 37.6 Å². The minimum absolute atomic E-state index is 0.104. The molecule has 1 aliphatic rings. The number of halogens is 1. The van der Waals surface area contributed by atoms with Crippen LogP contribution in [0, 0.1) is 0 Å². The Labute approximate surface area is 133 Å². The maximum atomic E-state index is 11.8. The quantitative estimate of drug-likeness (QED) is 0.684. The lowest BCUT2D eigenvalue weighted by molar-refractivity contribution is -0.155. The first-order valence-corrected chi connectivity index (χ1v) is 8.16. The number of carbonyl (C=O) groups is 1. The van der Waals surface area contributed by atoms with Gasteiger partial charge in [0.15, 0.2) is 0 Å². The summed E-state index contributed by atoms with van der Waals surface area (Å²) in [6, 6.07) is 7.99. The summed E-state index contributed by atoms with van der Waals surface area (Å²) >= 11 is 5.91. The summed E-state index contributed by atoms with van der Waals surface area (Å²) in [5.41, 5.74) is 1.08. The zero-order valence-corrected chi connectivity index (χ0v) is 14.6. The molecule has 0 radical (unpaired) electrons. The first kappa shape index (κ1) is 18.0. The van der Waals surface area contributed by atoms with Crippen molar-refractivity contribution < 1.29 is 9.53 Å². The Morgan fingerprint density at radius 1 is 1.19 bits per heavy atom. The molecule has 0 aliphatic heterocycles. The maximum absolute atomic E-state index is 11.8. The molecule has 1 aromatic carbocycles. The molecule has 0 spiro atoms. The molecule has 1 saturated carbocycles. The molecule has 3 heteroatoms. The highest BCUT2D eigenvalue weighted by Gasteiger charge is 2.44. The monoisotopic (exact) mass is 310 g/mol. The van der Waals surface area contributed by atoms with E-state index >= 15 is 0 Å². The SMILES string of the molecule is CC.CC(C)(C)OC(=O)CCC1(c2ccc(Cl)cc2)CC1. The summed E-state index contributed by atoms with van der Waals surface area (Å²) in [5.74, 6) is -0.104. The minimum Gasteiger partial charge on any atom is -0.460 e. The first-order chi connectivity index (χ1) is 9.81. The minimum atomic E-state index is -0.395. The highest BCUT2D eigenvalue weighted by molar-refractivity contribution is 6.30. The predicted octanol–water partition coefficient (Wildman–Crippen LogP) is 5.52. The summed E-state index contributed by atoms with van der Waals surface area (Å²) < 4.78 is 5.36. The number of esters is 1. The molecular weight excluding hydrogens is 284 g/mol. The van der Waals surface area contributed by atoms with Crippen LogP contribution in [0.15, 0.2) is 24.3 Å². The van der Waals surface area contributed by atoms with Crippen molar-refractivity contribution in [2.45, 2.75) is 71.3 Å². The van der Waals surface area contributed by atoms with Crippen molar-refractivity contribution in [1.82, 2.24) is 0 Å². The molecule has 118 valence electrons. The predicted molar refractivity (Wildman–Crippen MR) is 88.8 cm³/mol. The van der Waals surface area contributed by atoms with E-state index in [1.807, 2.05) is 46.8 Å². The molecule has 0 heterocycles. The van der Waals surface area contributed by atoms with Gasteiger partial charge in [0.1, 0.15) is 5.60 Å². The number of carbonyl (C=O) groups excluding carboxylic acids is 1. The standard InChI is InChI=1S/C16H21ClO2.C2H6/c1-15(2,3)19-14(18)8-9-16(10-11-16)12-4-6-13(17)7-5-12;1-2/h4-7H,8-11H2,1-3H3;1-2H3. The Bertz CT molecular complexity index is 453. The van der Waals surface area contributed by atoms with E-state index in [4.69, 9.17) is 16.3 Å². The lowest BCUT2D eigenvalue weighted by atomic mass is 9.91. The van der Waals surface area contributed by atoms with Crippen molar-refractivity contribution in [1.29, 1.82) is 0 Å². The summed E-state index contributed by atoms with van der Waals surface area (Å²) in [4.78, 5) is 11.8. The van der Waals surface area contributed by atoms with Gasteiger partial charge in [0.2, 0.25) is 0 Å². The molecule has 2 rings (SSSR count). The Hall–Kier alpha value is -1.02. The van der Waals surface area contributed by atoms with Gasteiger partial charge < -0.3 is 4.74 Å². The molecule has 1 fully saturated rings. The second-order valence-electron chi connectivity index (χ2n) is 6.37. The van der Waals surface area contributed by atoms with Crippen LogP contribution in [0.1, 0.15) is 65.9 Å². The van der Waals surface area contributed by atoms with Crippen LogP contribution in [-0.4, -0.2) is 11.6 Å². The van der Waals surface area contributed by atoms with E-state index in [1.54, 1.807) is 0 Å². The van der Waals surface area contributed by atoms with Crippen LogP contribution < -0.4 is 0 Å². The lowest BCUT2D eigenvalue weighted by Crippen LogP contribution is -2.24. The van der Waals surface area contributed by atoms with Crippen molar-refractivity contribution in [2.24, 2.45) is 0 Å². The van der Waals surface area contributed by atoms with Gasteiger partial charge in [0, 0.05) is 11.4 Å². The Morgan fingerprint density at radius 2 is 1.71 bits per heavy atom. The van der Waals surface area contributed by atoms with Crippen molar-refractivity contribution >= 4 is 17.6 Å². The highest BCUT2D eigenvalue weighted by atomic mass is 35.5. The van der Waals surface area contributed by atoms with E-state index in [-0.39, 0.29) is 11.4 Å². The average Bonchev–Trinajstić information content (AvgIpc) is 3.19. The third-order valence-electron chi connectivity index (χ3n) is 3.54. The second kappa shape index (κ2) is 7.31. The Morgan fingerprint density at radius 3 is 2.14 bits per heavy atom. The third-order valence-corrected chi connectivity index (χ3v) is 3.79. The van der Waals surface area contributed by atoms with Gasteiger partial charge in [-0.25, -0.2) is 0 Å². The zero-order chi connectivity index (χ0) is 16.1. The van der Waals surface area contributed by atoms with E-state index in [0.29, 0.717) is 6.42 Å².